The molecule has 0 saturated carbocycles. The van der Waals surface area contributed by atoms with Gasteiger partial charge in [-0.1, -0.05) is 37.3 Å². The number of hydrogen-bond donors (Lipinski definition) is 1. The number of rotatable bonds is 2. The van der Waals surface area contributed by atoms with E-state index < -0.39 is 0 Å². The van der Waals surface area contributed by atoms with Crippen LogP contribution in [0.1, 0.15) is 12.5 Å². The van der Waals surface area contributed by atoms with Crippen molar-refractivity contribution >= 4 is 0 Å². The molecule has 1 atom stereocenters. The second-order valence-electron chi connectivity index (χ2n) is 5.25. The largest absolute Gasteiger partial charge is 0.489 e. The number of ether oxygens (including phenoxy) is 2. The lowest BCUT2D eigenvalue weighted by atomic mass is 9.99. The van der Waals surface area contributed by atoms with Gasteiger partial charge in [-0.3, -0.25) is 0 Å². The van der Waals surface area contributed by atoms with Crippen molar-refractivity contribution in [2.24, 2.45) is 11.7 Å². The van der Waals surface area contributed by atoms with E-state index in [1.807, 2.05) is 24.3 Å². The fourth-order valence-electron chi connectivity index (χ4n) is 2.40. The van der Waals surface area contributed by atoms with Crippen molar-refractivity contribution in [3.63, 3.8) is 0 Å². The average Bonchev–Trinajstić information content (AvgIpc) is 2.69. The monoisotopic (exact) mass is 269 g/mol. The molecule has 1 unspecified atom stereocenters. The summed E-state index contributed by atoms with van der Waals surface area (Å²) in [6, 6.07) is 14.3. The first-order chi connectivity index (χ1) is 9.78. The summed E-state index contributed by atoms with van der Waals surface area (Å²) in [6.07, 6.45) is 0. The zero-order chi connectivity index (χ0) is 13.9. The molecule has 0 fully saturated rings. The van der Waals surface area contributed by atoms with Gasteiger partial charge in [0.15, 0.2) is 11.5 Å². The lowest BCUT2D eigenvalue weighted by Crippen LogP contribution is -2.12. The summed E-state index contributed by atoms with van der Waals surface area (Å²) >= 11 is 0. The van der Waals surface area contributed by atoms with Crippen molar-refractivity contribution in [3.05, 3.63) is 48.0 Å². The van der Waals surface area contributed by atoms with E-state index in [2.05, 4.69) is 25.1 Å². The van der Waals surface area contributed by atoms with E-state index in [0.717, 1.165) is 28.2 Å². The van der Waals surface area contributed by atoms with E-state index in [0.29, 0.717) is 25.7 Å². The van der Waals surface area contributed by atoms with E-state index in [-0.39, 0.29) is 0 Å². The summed E-state index contributed by atoms with van der Waals surface area (Å²) in [5, 5.41) is 0. The third-order valence-corrected chi connectivity index (χ3v) is 3.54. The second-order valence-corrected chi connectivity index (χ2v) is 5.25. The van der Waals surface area contributed by atoms with Crippen LogP contribution in [0.25, 0.3) is 11.1 Å². The van der Waals surface area contributed by atoms with Crippen LogP contribution < -0.4 is 15.2 Å². The molecular weight excluding hydrogens is 250 g/mol. The minimum Gasteiger partial charge on any atom is -0.489 e. The number of fused-ring (bicyclic) bond motifs is 1. The molecule has 2 aromatic rings. The van der Waals surface area contributed by atoms with Gasteiger partial charge in [0, 0.05) is 12.5 Å². The molecular formula is C17H19NO2. The molecule has 3 nitrogen and oxygen atoms in total. The van der Waals surface area contributed by atoms with Gasteiger partial charge in [0.2, 0.25) is 0 Å². The van der Waals surface area contributed by atoms with Gasteiger partial charge in [-0.25, -0.2) is 0 Å². The lowest BCUT2D eigenvalue weighted by molar-refractivity contribution is 0.228. The highest BCUT2D eigenvalue weighted by Crippen LogP contribution is 2.35. The Hall–Kier alpha value is -2.00. The molecule has 2 N–H and O–H groups in total. The van der Waals surface area contributed by atoms with Crippen molar-refractivity contribution in [2.75, 3.05) is 13.2 Å². The molecule has 20 heavy (non-hydrogen) atoms. The van der Waals surface area contributed by atoms with Gasteiger partial charge in [-0.05, 0) is 28.8 Å². The number of benzene rings is 2. The highest BCUT2D eigenvalue weighted by Gasteiger charge is 2.16. The molecule has 1 aliphatic rings. The molecule has 3 rings (SSSR count). The number of nitrogens with two attached hydrogens (primary N) is 1. The first-order valence-electron chi connectivity index (χ1n) is 6.96. The average molecular weight is 269 g/mol. The maximum absolute atomic E-state index is 5.84. The smallest absolute Gasteiger partial charge is 0.161 e. The Labute approximate surface area is 119 Å². The fourth-order valence-corrected chi connectivity index (χ4v) is 2.40. The molecule has 0 bridgehead atoms. The van der Waals surface area contributed by atoms with Crippen molar-refractivity contribution in [1.82, 2.24) is 0 Å². The van der Waals surface area contributed by atoms with Crippen LogP contribution in [0.3, 0.4) is 0 Å². The molecule has 0 saturated heterocycles. The van der Waals surface area contributed by atoms with E-state index in [1.54, 1.807) is 0 Å². The third-order valence-electron chi connectivity index (χ3n) is 3.54. The Morgan fingerprint density at radius 1 is 1.05 bits per heavy atom. The van der Waals surface area contributed by atoms with Gasteiger partial charge < -0.3 is 15.2 Å². The zero-order valence-corrected chi connectivity index (χ0v) is 11.6. The van der Waals surface area contributed by atoms with Crippen LogP contribution in [0.2, 0.25) is 0 Å². The summed E-state index contributed by atoms with van der Waals surface area (Å²) in [5.74, 6) is 2.05. The van der Waals surface area contributed by atoms with Gasteiger partial charge in [0.05, 0.1) is 13.2 Å². The first kappa shape index (κ1) is 13.0. The highest BCUT2D eigenvalue weighted by molar-refractivity contribution is 5.70. The molecule has 0 aliphatic carbocycles. The second kappa shape index (κ2) is 5.55. The van der Waals surface area contributed by atoms with Crippen LogP contribution in [-0.4, -0.2) is 13.2 Å². The molecule has 1 aliphatic heterocycles. The molecule has 3 heteroatoms. The van der Waals surface area contributed by atoms with Crippen molar-refractivity contribution in [1.29, 1.82) is 0 Å². The van der Waals surface area contributed by atoms with Crippen LogP contribution in [0.5, 0.6) is 11.5 Å². The summed E-state index contributed by atoms with van der Waals surface area (Å²) in [6.45, 7) is 4.04. The number of hydrogen-bond acceptors (Lipinski definition) is 3. The van der Waals surface area contributed by atoms with E-state index >= 15 is 0 Å². The van der Waals surface area contributed by atoms with Gasteiger partial charge in [0.1, 0.15) is 0 Å². The zero-order valence-electron chi connectivity index (χ0n) is 11.6. The lowest BCUT2D eigenvalue weighted by Gasteiger charge is -2.11. The van der Waals surface area contributed by atoms with Crippen molar-refractivity contribution < 1.29 is 9.47 Å². The summed E-state index contributed by atoms with van der Waals surface area (Å²) in [4.78, 5) is 0. The molecule has 0 amide bonds. The standard InChI is InChI=1S/C17H19NO2/c1-12-10-19-16-7-6-13(8-17(16)20-11-12)15-5-3-2-4-14(15)9-18/h2-8,12H,9-11,18H2,1H3. The fraction of sp³-hybridized carbons (Fsp3) is 0.294. The van der Waals surface area contributed by atoms with Crippen LogP contribution in [-0.2, 0) is 6.54 Å². The molecule has 0 aromatic heterocycles. The normalized spacial score (nSPS) is 17.6. The Balaban J connectivity index is 2.00. The summed E-state index contributed by atoms with van der Waals surface area (Å²) in [7, 11) is 0. The quantitative estimate of drug-likeness (QED) is 0.910. The maximum atomic E-state index is 5.84. The van der Waals surface area contributed by atoms with Gasteiger partial charge in [-0.15, -0.1) is 0 Å². The van der Waals surface area contributed by atoms with Crippen LogP contribution >= 0.6 is 0 Å². The third kappa shape index (κ3) is 2.49. The van der Waals surface area contributed by atoms with Gasteiger partial charge >= 0.3 is 0 Å². The van der Waals surface area contributed by atoms with Gasteiger partial charge in [0.25, 0.3) is 0 Å². The first-order valence-corrected chi connectivity index (χ1v) is 6.96. The molecule has 1 heterocycles. The predicted molar refractivity (Wildman–Crippen MR) is 79.9 cm³/mol. The molecule has 0 spiro atoms. The summed E-state index contributed by atoms with van der Waals surface area (Å²) in [5.41, 5.74) is 9.21. The minimum atomic E-state index is 0.405. The van der Waals surface area contributed by atoms with Crippen molar-refractivity contribution in [3.8, 4) is 22.6 Å². The van der Waals surface area contributed by atoms with Crippen LogP contribution in [0.4, 0.5) is 0 Å². The van der Waals surface area contributed by atoms with E-state index in [9.17, 15) is 0 Å². The topological polar surface area (TPSA) is 44.5 Å². The molecule has 0 radical (unpaired) electrons. The van der Waals surface area contributed by atoms with Gasteiger partial charge in [-0.2, -0.15) is 0 Å². The molecule has 2 aromatic carbocycles. The Morgan fingerprint density at radius 3 is 2.60 bits per heavy atom. The Bertz CT molecular complexity index is 610. The maximum Gasteiger partial charge on any atom is 0.161 e. The van der Waals surface area contributed by atoms with Crippen LogP contribution in [0, 0.1) is 5.92 Å². The van der Waals surface area contributed by atoms with E-state index in [1.165, 1.54) is 0 Å². The Morgan fingerprint density at radius 2 is 1.80 bits per heavy atom. The summed E-state index contributed by atoms with van der Waals surface area (Å²) < 4.78 is 11.6. The minimum absolute atomic E-state index is 0.405. The molecule has 104 valence electrons. The predicted octanol–water partition coefficient (Wildman–Crippen LogP) is 3.22. The van der Waals surface area contributed by atoms with E-state index in [4.69, 9.17) is 15.2 Å². The SMILES string of the molecule is CC1COc2ccc(-c3ccccc3CN)cc2OC1. The Kier molecular flexibility index (Phi) is 3.61. The highest BCUT2D eigenvalue weighted by atomic mass is 16.5. The van der Waals surface area contributed by atoms with Crippen molar-refractivity contribution in [2.45, 2.75) is 13.5 Å². The van der Waals surface area contributed by atoms with Crippen LogP contribution in [0.15, 0.2) is 42.5 Å².